The molecular weight excluding hydrogens is 150 g/mol. The van der Waals surface area contributed by atoms with Crippen molar-refractivity contribution in [2.45, 2.75) is 25.7 Å². The Kier molecular flexibility index (Phi) is 1.31. The van der Waals surface area contributed by atoms with Crippen molar-refractivity contribution in [2.75, 3.05) is 0 Å². The van der Waals surface area contributed by atoms with Gasteiger partial charge in [0.25, 0.3) is 0 Å². The zero-order valence-electron chi connectivity index (χ0n) is 7.16. The van der Waals surface area contributed by atoms with E-state index in [-0.39, 0.29) is 0 Å². The van der Waals surface area contributed by atoms with Gasteiger partial charge < -0.3 is 0 Å². The molecule has 0 aromatic rings. The summed E-state index contributed by atoms with van der Waals surface area (Å²) >= 11 is 0. The zero-order valence-corrected chi connectivity index (χ0v) is 7.16. The lowest BCUT2D eigenvalue weighted by Gasteiger charge is -2.32. The SMILES string of the molecule is ONC1=C[C@@H]2C[C@H]3C[C@H](C2)[C@@H]1C3. The number of nitrogens with one attached hydrogen (secondary N) is 1. The van der Waals surface area contributed by atoms with Gasteiger partial charge in [0.15, 0.2) is 0 Å². The van der Waals surface area contributed by atoms with Gasteiger partial charge in [0.1, 0.15) is 0 Å². The topological polar surface area (TPSA) is 32.3 Å². The van der Waals surface area contributed by atoms with E-state index in [4.69, 9.17) is 5.21 Å². The van der Waals surface area contributed by atoms with Crippen LogP contribution in [0.15, 0.2) is 11.8 Å². The van der Waals surface area contributed by atoms with E-state index in [9.17, 15) is 0 Å². The Morgan fingerprint density at radius 1 is 1.25 bits per heavy atom. The molecule has 3 bridgehead atoms. The molecule has 2 N–H and O–H groups in total. The molecule has 0 amide bonds. The highest BCUT2D eigenvalue weighted by Gasteiger charge is 2.44. The number of fused-ring (bicyclic) bond motifs is 2. The summed E-state index contributed by atoms with van der Waals surface area (Å²) in [5.41, 5.74) is 3.52. The van der Waals surface area contributed by atoms with Crippen LogP contribution in [0, 0.1) is 23.7 Å². The van der Waals surface area contributed by atoms with Gasteiger partial charge in [0.05, 0.1) is 0 Å². The minimum Gasteiger partial charge on any atom is -0.291 e. The molecule has 66 valence electrons. The van der Waals surface area contributed by atoms with Gasteiger partial charge >= 0.3 is 0 Å². The highest BCUT2D eigenvalue weighted by atomic mass is 16.5. The molecule has 0 aromatic carbocycles. The lowest BCUT2D eigenvalue weighted by atomic mass is 9.75. The van der Waals surface area contributed by atoms with E-state index in [0.717, 1.165) is 23.5 Å². The molecule has 0 aliphatic heterocycles. The third-order valence-corrected chi connectivity index (χ3v) is 3.98. The van der Waals surface area contributed by atoms with Crippen molar-refractivity contribution in [1.29, 1.82) is 0 Å². The molecular formula is C10H15NO. The molecule has 3 aliphatic carbocycles. The Balaban J connectivity index is 1.99. The predicted octanol–water partition coefficient (Wildman–Crippen LogP) is 1.92. The van der Waals surface area contributed by atoms with E-state index in [1.54, 1.807) is 0 Å². The van der Waals surface area contributed by atoms with E-state index in [2.05, 4.69) is 11.6 Å². The van der Waals surface area contributed by atoms with Crippen molar-refractivity contribution in [2.24, 2.45) is 23.7 Å². The average molecular weight is 165 g/mol. The van der Waals surface area contributed by atoms with Gasteiger partial charge in [-0.05, 0) is 43.4 Å². The first-order valence-electron chi connectivity index (χ1n) is 4.98. The minimum absolute atomic E-state index is 0.666. The van der Waals surface area contributed by atoms with E-state index >= 15 is 0 Å². The normalized spacial score (nSPS) is 49.2. The summed E-state index contributed by atoms with van der Waals surface area (Å²) < 4.78 is 0. The maximum atomic E-state index is 8.96. The van der Waals surface area contributed by atoms with Crippen LogP contribution in [-0.4, -0.2) is 5.21 Å². The molecule has 3 aliphatic rings. The van der Waals surface area contributed by atoms with Crippen LogP contribution in [-0.2, 0) is 0 Å². The molecule has 4 atom stereocenters. The van der Waals surface area contributed by atoms with E-state index in [1.807, 2.05) is 0 Å². The number of hydrogen-bond acceptors (Lipinski definition) is 2. The first-order chi connectivity index (χ1) is 5.86. The Morgan fingerprint density at radius 3 is 3.00 bits per heavy atom. The molecule has 0 unspecified atom stereocenters. The van der Waals surface area contributed by atoms with Crippen LogP contribution in [0.4, 0.5) is 0 Å². The first-order valence-corrected chi connectivity index (χ1v) is 4.98. The molecule has 2 fully saturated rings. The number of hydroxylamine groups is 1. The first kappa shape index (κ1) is 6.96. The highest BCUT2D eigenvalue weighted by Crippen LogP contribution is 2.53. The van der Waals surface area contributed by atoms with Gasteiger partial charge in [-0.25, -0.2) is 0 Å². The van der Waals surface area contributed by atoms with E-state index in [0.29, 0.717) is 5.92 Å². The second-order valence-electron chi connectivity index (χ2n) is 4.67. The van der Waals surface area contributed by atoms with Gasteiger partial charge in [-0.3, -0.25) is 10.7 Å². The Morgan fingerprint density at radius 2 is 2.17 bits per heavy atom. The number of allylic oxidation sites excluding steroid dienone is 2. The third kappa shape index (κ3) is 0.789. The van der Waals surface area contributed by atoms with Crippen LogP contribution in [0.2, 0.25) is 0 Å². The standard InChI is InChI=1S/C10H15NO/c12-11-10-5-7-1-6-2-8(3-7)9(10)4-6/h5-9,11-12H,1-4H2/t6-,7+,8+,9-/m0/s1. The molecule has 0 heterocycles. The summed E-state index contributed by atoms with van der Waals surface area (Å²) in [5, 5.41) is 8.96. The largest absolute Gasteiger partial charge is 0.291 e. The van der Waals surface area contributed by atoms with Crippen molar-refractivity contribution < 1.29 is 5.21 Å². The molecule has 3 rings (SSSR count). The van der Waals surface area contributed by atoms with E-state index in [1.165, 1.54) is 25.7 Å². The second kappa shape index (κ2) is 2.25. The molecule has 0 aromatic heterocycles. The molecule has 2 saturated carbocycles. The molecule has 2 heteroatoms. The summed E-state index contributed by atoms with van der Waals surface area (Å²) in [5.74, 6) is 3.27. The molecule has 2 nitrogen and oxygen atoms in total. The summed E-state index contributed by atoms with van der Waals surface area (Å²) in [6.07, 6.45) is 7.76. The minimum atomic E-state index is 0.666. The van der Waals surface area contributed by atoms with Crippen LogP contribution < -0.4 is 5.48 Å². The quantitative estimate of drug-likeness (QED) is 0.582. The summed E-state index contributed by atoms with van der Waals surface area (Å²) in [7, 11) is 0. The van der Waals surface area contributed by atoms with Crippen LogP contribution in [0.25, 0.3) is 0 Å². The molecule has 0 spiro atoms. The molecule has 12 heavy (non-hydrogen) atoms. The van der Waals surface area contributed by atoms with Crippen molar-refractivity contribution in [1.82, 2.24) is 5.48 Å². The zero-order chi connectivity index (χ0) is 8.13. The average Bonchev–Trinajstić information content (AvgIpc) is 2.29. The van der Waals surface area contributed by atoms with Crippen LogP contribution in [0.1, 0.15) is 25.7 Å². The second-order valence-corrected chi connectivity index (χ2v) is 4.67. The van der Waals surface area contributed by atoms with Crippen molar-refractivity contribution in [3.63, 3.8) is 0 Å². The Hall–Kier alpha value is -0.500. The van der Waals surface area contributed by atoms with Gasteiger partial charge in [-0.2, -0.15) is 0 Å². The van der Waals surface area contributed by atoms with Crippen molar-refractivity contribution >= 4 is 0 Å². The summed E-state index contributed by atoms with van der Waals surface area (Å²) in [6, 6.07) is 0. The molecule has 0 saturated heterocycles. The maximum Gasteiger partial charge on any atom is 0.0373 e. The predicted molar refractivity (Wildman–Crippen MR) is 45.4 cm³/mol. The van der Waals surface area contributed by atoms with Crippen LogP contribution in [0.5, 0.6) is 0 Å². The summed E-state index contributed by atoms with van der Waals surface area (Å²) in [6.45, 7) is 0. The van der Waals surface area contributed by atoms with Gasteiger partial charge in [-0.15, -0.1) is 0 Å². The smallest absolute Gasteiger partial charge is 0.0373 e. The van der Waals surface area contributed by atoms with E-state index < -0.39 is 0 Å². The summed E-state index contributed by atoms with van der Waals surface area (Å²) in [4.78, 5) is 0. The number of hydrogen-bond donors (Lipinski definition) is 2. The van der Waals surface area contributed by atoms with Gasteiger partial charge in [0.2, 0.25) is 0 Å². The van der Waals surface area contributed by atoms with Gasteiger partial charge in [0, 0.05) is 11.6 Å². The fourth-order valence-corrected chi connectivity index (χ4v) is 3.62. The van der Waals surface area contributed by atoms with Crippen LogP contribution in [0.3, 0.4) is 0 Å². The number of rotatable bonds is 1. The monoisotopic (exact) mass is 165 g/mol. The Bertz CT molecular complexity index is 234. The van der Waals surface area contributed by atoms with Crippen LogP contribution >= 0.6 is 0 Å². The lowest BCUT2D eigenvalue weighted by molar-refractivity contribution is 0.164. The highest BCUT2D eigenvalue weighted by molar-refractivity contribution is 5.17. The lowest BCUT2D eigenvalue weighted by Crippen LogP contribution is -2.27. The van der Waals surface area contributed by atoms with Crippen molar-refractivity contribution in [3.8, 4) is 0 Å². The third-order valence-electron chi connectivity index (χ3n) is 3.98. The fraction of sp³-hybridized carbons (Fsp3) is 0.800. The maximum absolute atomic E-state index is 8.96. The van der Waals surface area contributed by atoms with Gasteiger partial charge in [-0.1, -0.05) is 6.08 Å². The fourth-order valence-electron chi connectivity index (χ4n) is 3.62. The molecule has 0 radical (unpaired) electrons. The Labute approximate surface area is 72.6 Å². The van der Waals surface area contributed by atoms with Crippen molar-refractivity contribution in [3.05, 3.63) is 11.8 Å².